The van der Waals surface area contributed by atoms with E-state index in [0.717, 1.165) is 31.6 Å². The Bertz CT molecular complexity index is 680. The first-order valence-electron chi connectivity index (χ1n) is 9.92. The molecule has 148 valence electrons. The van der Waals surface area contributed by atoms with Crippen molar-refractivity contribution < 1.29 is 14.3 Å². The van der Waals surface area contributed by atoms with E-state index < -0.39 is 0 Å². The summed E-state index contributed by atoms with van der Waals surface area (Å²) in [5.74, 6) is 1.44. The first-order chi connectivity index (χ1) is 12.9. The monoisotopic (exact) mass is 373 g/mol. The highest BCUT2D eigenvalue weighted by atomic mass is 16.5. The first-order valence-corrected chi connectivity index (χ1v) is 9.92. The Labute approximate surface area is 161 Å². The van der Waals surface area contributed by atoms with Gasteiger partial charge in [0.05, 0.1) is 18.8 Å². The molecule has 2 saturated heterocycles. The van der Waals surface area contributed by atoms with E-state index in [0.29, 0.717) is 24.6 Å². The molecule has 2 atom stereocenters. The number of rotatable bonds is 5. The molecular formula is C21H31N3O3. The first kappa shape index (κ1) is 19.7. The van der Waals surface area contributed by atoms with E-state index in [9.17, 15) is 9.59 Å². The lowest BCUT2D eigenvalue weighted by Gasteiger charge is -2.45. The van der Waals surface area contributed by atoms with Crippen LogP contribution < -0.4 is 10.1 Å². The fourth-order valence-corrected chi connectivity index (χ4v) is 4.10. The van der Waals surface area contributed by atoms with Crippen molar-refractivity contribution in [3.05, 3.63) is 29.8 Å². The lowest BCUT2D eigenvalue weighted by atomic mass is 9.94. The van der Waals surface area contributed by atoms with Crippen LogP contribution in [0.5, 0.6) is 5.75 Å². The molecule has 0 radical (unpaired) electrons. The molecule has 6 nitrogen and oxygen atoms in total. The summed E-state index contributed by atoms with van der Waals surface area (Å²) in [7, 11) is 1.61. The highest BCUT2D eigenvalue weighted by molar-refractivity contribution is 5.94. The molecule has 0 saturated carbocycles. The van der Waals surface area contributed by atoms with Crippen LogP contribution in [0.15, 0.2) is 24.3 Å². The van der Waals surface area contributed by atoms with Crippen LogP contribution in [0.1, 0.15) is 50.4 Å². The molecule has 1 aromatic carbocycles. The largest absolute Gasteiger partial charge is 0.497 e. The van der Waals surface area contributed by atoms with Crippen molar-refractivity contribution in [3.63, 3.8) is 0 Å². The molecule has 1 aromatic rings. The number of carbonyl (C=O) groups excluding carboxylic acids is 2. The molecule has 0 unspecified atom stereocenters. The number of piperidine rings is 1. The van der Waals surface area contributed by atoms with Crippen molar-refractivity contribution in [2.45, 2.75) is 51.7 Å². The molecule has 2 amide bonds. The van der Waals surface area contributed by atoms with Crippen LogP contribution in [0.3, 0.4) is 0 Å². The molecular weight excluding hydrogens is 342 g/mol. The van der Waals surface area contributed by atoms with Gasteiger partial charge in [0.15, 0.2) is 0 Å². The number of methoxy groups -OCH3 is 1. The van der Waals surface area contributed by atoms with Crippen molar-refractivity contribution in [1.29, 1.82) is 0 Å². The Morgan fingerprint density at radius 3 is 2.48 bits per heavy atom. The van der Waals surface area contributed by atoms with Gasteiger partial charge in [-0.05, 0) is 37.1 Å². The van der Waals surface area contributed by atoms with Gasteiger partial charge in [-0.2, -0.15) is 0 Å². The minimum absolute atomic E-state index is 0.0401. The summed E-state index contributed by atoms with van der Waals surface area (Å²) in [4.78, 5) is 29.5. The molecule has 0 aliphatic carbocycles. The molecule has 0 bridgehead atoms. The van der Waals surface area contributed by atoms with Crippen LogP contribution in [0.2, 0.25) is 0 Å². The third-order valence-corrected chi connectivity index (χ3v) is 6.04. The predicted octanol–water partition coefficient (Wildman–Crippen LogP) is 2.49. The summed E-state index contributed by atoms with van der Waals surface area (Å²) in [5, 5.41) is 3.53. The zero-order valence-electron chi connectivity index (χ0n) is 16.8. The Kier molecular flexibility index (Phi) is 5.75. The topological polar surface area (TPSA) is 61.9 Å². The van der Waals surface area contributed by atoms with Gasteiger partial charge in [0.25, 0.3) is 5.91 Å². The molecule has 3 rings (SSSR count). The van der Waals surface area contributed by atoms with Gasteiger partial charge in [-0.15, -0.1) is 0 Å². The van der Waals surface area contributed by atoms with Gasteiger partial charge in [0, 0.05) is 38.0 Å². The molecule has 0 aromatic heterocycles. The molecule has 1 N–H and O–H groups in total. The number of likely N-dealkylation sites (tertiary alicyclic amines) is 1. The zero-order valence-corrected chi connectivity index (χ0v) is 16.8. The van der Waals surface area contributed by atoms with Crippen LogP contribution in [0, 0.1) is 5.92 Å². The number of hydrogen-bond donors (Lipinski definition) is 1. The highest BCUT2D eigenvalue weighted by Gasteiger charge is 2.50. The molecule has 2 heterocycles. The summed E-state index contributed by atoms with van der Waals surface area (Å²) in [6.07, 6.45) is 2.58. The lowest BCUT2D eigenvalue weighted by molar-refractivity contribution is -0.133. The van der Waals surface area contributed by atoms with Gasteiger partial charge < -0.3 is 14.5 Å². The maximum atomic E-state index is 12.8. The van der Waals surface area contributed by atoms with Crippen molar-refractivity contribution in [2.75, 3.05) is 26.7 Å². The van der Waals surface area contributed by atoms with Crippen molar-refractivity contribution >= 4 is 11.8 Å². The normalized spacial score (nSPS) is 23.0. The van der Waals surface area contributed by atoms with Crippen LogP contribution in [-0.4, -0.2) is 60.1 Å². The number of ether oxygens (including phenoxy) is 1. The average Bonchev–Trinajstić information content (AvgIpc) is 2.92. The molecule has 2 aliphatic rings. The van der Waals surface area contributed by atoms with Gasteiger partial charge in [-0.1, -0.05) is 20.3 Å². The fraction of sp³-hybridized carbons (Fsp3) is 0.619. The second-order valence-electron chi connectivity index (χ2n) is 7.88. The minimum Gasteiger partial charge on any atom is -0.497 e. The quantitative estimate of drug-likeness (QED) is 0.861. The van der Waals surface area contributed by atoms with Crippen molar-refractivity contribution in [1.82, 2.24) is 15.1 Å². The third-order valence-electron chi connectivity index (χ3n) is 6.04. The maximum Gasteiger partial charge on any atom is 0.253 e. The number of hydrogen-bond acceptors (Lipinski definition) is 4. The molecule has 2 aliphatic heterocycles. The Morgan fingerprint density at radius 2 is 1.93 bits per heavy atom. The second kappa shape index (κ2) is 7.89. The SMILES string of the molecule is CC[C@@H](C)CN1C(=O)[C@@H](C)NC12CCN(C(=O)c1ccc(OC)cc1)CC2. The Hall–Kier alpha value is -2.08. The van der Waals surface area contributed by atoms with Crippen LogP contribution in [-0.2, 0) is 4.79 Å². The lowest BCUT2D eigenvalue weighted by Crippen LogP contribution is -2.60. The van der Waals surface area contributed by atoms with Crippen molar-refractivity contribution in [3.8, 4) is 5.75 Å². The summed E-state index contributed by atoms with van der Waals surface area (Å²) < 4.78 is 5.16. The zero-order chi connectivity index (χ0) is 19.6. The number of carbonyl (C=O) groups is 2. The maximum absolute atomic E-state index is 12.8. The van der Waals surface area contributed by atoms with Crippen LogP contribution >= 0.6 is 0 Å². The van der Waals surface area contributed by atoms with Gasteiger partial charge in [0.1, 0.15) is 5.75 Å². The Morgan fingerprint density at radius 1 is 1.30 bits per heavy atom. The van der Waals surface area contributed by atoms with Gasteiger partial charge in [-0.25, -0.2) is 0 Å². The number of nitrogens with zero attached hydrogens (tertiary/aromatic N) is 2. The van der Waals surface area contributed by atoms with E-state index in [1.54, 1.807) is 19.2 Å². The summed E-state index contributed by atoms with van der Waals surface area (Å²) in [6, 6.07) is 7.08. The van der Waals surface area contributed by atoms with E-state index >= 15 is 0 Å². The summed E-state index contributed by atoms with van der Waals surface area (Å²) in [5.41, 5.74) is 0.364. The Balaban J connectivity index is 1.69. The van der Waals surface area contributed by atoms with E-state index in [1.807, 2.05) is 28.9 Å². The minimum atomic E-state index is -0.309. The highest BCUT2D eigenvalue weighted by Crippen LogP contribution is 2.33. The number of benzene rings is 1. The smallest absolute Gasteiger partial charge is 0.253 e. The number of nitrogens with one attached hydrogen (secondary N) is 1. The van der Waals surface area contributed by atoms with E-state index in [4.69, 9.17) is 4.74 Å². The fourth-order valence-electron chi connectivity index (χ4n) is 4.10. The van der Waals surface area contributed by atoms with Gasteiger partial charge in [-0.3, -0.25) is 14.9 Å². The summed E-state index contributed by atoms with van der Waals surface area (Å²) in [6.45, 7) is 8.36. The van der Waals surface area contributed by atoms with Crippen LogP contribution in [0.4, 0.5) is 0 Å². The summed E-state index contributed by atoms with van der Waals surface area (Å²) >= 11 is 0. The molecule has 2 fully saturated rings. The van der Waals surface area contributed by atoms with E-state index in [-0.39, 0.29) is 23.5 Å². The van der Waals surface area contributed by atoms with Gasteiger partial charge >= 0.3 is 0 Å². The van der Waals surface area contributed by atoms with Gasteiger partial charge in [0.2, 0.25) is 5.91 Å². The number of amides is 2. The molecule has 27 heavy (non-hydrogen) atoms. The van der Waals surface area contributed by atoms with Crippen molar-refractivity contribution in [2.24, 2.45) is 5.92 Å². The second-order valence-corrected chi connectivity index (χ2v) is 7.88. The van der Waals surface area contributed by atoms with E-state index in [1.165, 1.54) is 0 Å². The average molecular weight is 373 g/mol. The molecule has 1 spiro atoms. The predicted molar refractivity (Wildman–Crippen MR) is 105 cm³/mol. The van der Waals surface area contributed by atoms with Crippen LogP contribution in [0.25, 0.3) is 0 Å². The molecule has 6 heteroatoms. The van der Waals surface area contributed by atoms with E-state index in [2.05, 4.69) is 19.2 Å². The standard InChI is InChI=1S/C21H31N3O3/c1-5-15(2)14-24-19(25)16(3)22-21(24)10-12-23(13-11-21)20(26)17-6-8-18(27-4)9-7-17/h6-9,15-16,22H,5,10-14H2,1-4H3/t15-,16-/m1/s1. The third kappa shape index (κ3) is 3.81.